The number of urea groups is 1. The maximum Gasteiger partial charge on any atom is 0.357 e. The third-order valence-corrected chi connectivity index (χ3v) is 5.67. The van der Waals surface area contributed by atoms with E-state index in [0.717, 1.165) is 16.2 Å². The summed E-state index contributed by atoms with van der Waals surface area (Å²) in [5, 5.41) is 6.67. The number of anilines is 1. The second-order valence-electron chi connectivity index (χ2n) is 6.77. The predicted octanol–water partition coefficient (Wildman–Crippen LogP) is 1.57. The van der Waals surface area contributed by atoms with Crippen LogP contribution in [0.5, 0.6) is 5.75 Å². The first-order valence-corrected chi connectivity index (χ1v) is 10.3. The lowest BCUT2D eigenvalue weighted by Crippen LogP contribution is -2.53. The Labute approximate surface area is 187 Å². The van der Waals surface area contributed by atoms with Gasteiger partial charge >= 0.3 is 12.0 Å². The molecule has 32 heavy (non-hydrogen) atoms. The summed E-state index contributed by atoms with van der Waals surface area (Å²) in [6, 6.07) is 3.68. The smallest absolute Gasteiger partial charge is 0.357 e. The quantitative estimate of drug-likeness (QED) is 0.446. The highest BCUT2D eigenvalue weighted by Gasteiger charge is 2.47. The van der Waals surface area contributed by atoms with Gasteiger partial charge in [0.25, 0.3) is 11.8 Å². The molecule has 1 aromatic heterocycles. The number of carbonyl (C=O) groups excluding carboxylic acids is 4. The molecule has 1 aromatic carbocycles. The summed E-state index contributed by atoms with van der Waals surface area (Å²) in [5.74, 6) is -1.34. The van der Waals surface area contributed by atoms with Crippen LogP contribution in [0.3, 0.4) is 0 Å². The van der Waals surface area contributed by atoms with E-state index in [9.17, 15) is 19.2 Å². The molecule has 170 valence electrons. The number of ether oxygens (including phenoxy) is 3. The molecule has 12 heteroatoms. The van der Waals surface area contributed by atoms with E-state index in [1.165, 1.54) is 26.7 Å². The van der Waals surface area contributed by atoms with Gasteiger partial charge in [0.2, 0.25) is 0 Å². The lowest BCUT2D eigenvalue weighted by molar-refractivity contribution is -0.137. The molecule has 1 saturated heterocycles. The Balaban J connectivity index is 1.83. The van der Waals surface area contributed by atoms with Gasteiger partial charge in [0.05, 0.1) is 20.3 Å². The summed E-state index contributed by atoms with van der Waals surface area (Å²) >= 11 is 1.00. The third kappa shape index (κ3) is 4.55. The highest BCUT2D eigenvalue weighted by Crippen LogP contribution is 2.27. The summed E-state index contributed by atoms with van der Waals surface area (Å²) in [5.41, 5.74) is 0.567. The molecule has 0 bridgehead atoms. The number of nitrogens with zero attached hydrogens (tertiary/aromatic N) is 2. The lowest BCUT2D eigenvalue weighted by atomic mass is 10.1. The fraction of sp³-hybridized carbons (Fsp3) is 0.350. The van der Waals surface area contributed by atoms with Crippen LogP contribution < -0.4 is 15.4 Å². The van der Waals surface area contributed by atoms with Crippen molar-refractivity contribution >= 4 is 40.3 Å². The number of imide groups is 1. The van der Waals surface area contributed by atoms with Crippen molar-refractivity contribution in [3.05, 3.63) is 40.9 Å². The topological polar surface area (TPSA) is 136 Å². The SMILES string of the molecule is COC(=O)c1csc(NC(=O)[C@H]([C@@H](C)OC)N2C(=O)NC(c3ccc(OC)cc3)C2=O)n1. The van der Waals surface area contributed by atoms with Gasteiger partial charge in [-0.15, -0.1) is 11.3 Å². The van der Waals surface area contributed by atoms with Gasteiger partial charge in [-0.1, -0.05) is 12.1 Å². The van der Waals surface area contributed by atoms with Gasteiger partial charge in [0.1, 0.15) is 17.8 Å². The minimum atomic E-state index is -1.28. The molecule has 2 heterocycles. The van der Waals surface area contributed by atoms with Gasteiger partial charge in [-0.05, 0) is 24.6 Å². The Morgan fingerprint density at radius 3 is 2.47 bits per heavy atom. The zero-order valence-electron chi connectivity index (χ0n) is 17.8. The first kappa shape index (κ1) is 23.2. The molecule has 0 spiro atoms. The molecule has 3 rings (SSSR count). The number of thiazole rings is 1. The Morgan fingerprint density at radius 2 is 1.88 bits per heavy atom. The van der Waals surface area contributed by atoms with Crippen molar-refractivity contribution in [3.63, 3.8) is 0 Å². The van der Waals surface area contributed by atoms with E-state index in [0.29, 0.717) is 11.3 Å². The Morgan fingerprint density at radius 1 is 1.19 bits per heavy atom. The molecule has 3 atom stereocenters. The van der Waals surface area contributed by atoms with Gasteiger partial charge in [0, 0.05) is 12.5 Å². The normalized spacial score (nSPS) is 17.5. The van der Waals surface area contributed by atoms with Crippen LogP contribution in [0.25, 0.3) is 0 Å². The first-order chi connectivity index (χ1) is 15.3. The standard InChI is InChI=1S/C20H22N4O7S/c1-10(29-2)15(16(25)23-19-21-13(9-32-19)18(27)31-4)24-17(26)14(22-20(24)28)11-5-7-12(30-3)8-6-11/h5-10,14-15H,1-4H3,(H,22,28)(H,21,23,25)/t10-,14?,15+/m1/s1. The average molecular weight is 462 g/mol. The van der Waals surface area contributed by atoms with Crippen molar-refractivity contribution in [2.45, 2.75) is 25.1 Å². The van der Waals surface area contributed by atoms with Crippen molar-refractivity contribution in [1.29, 1.82) is 0 Å². The van der Waals surface area contributed by atoms with Crippen LogP contribution in [0.4, 0.5) is 9.93 Å². The van der Waals surface area contributed by atoms with Crippen molar-refractivity contribution in [2.24, 2.45) is 0 Å². The van der Waals surface area contributed by atoms with Crippen LogP contribution in [-0.2, 0) is 19.1 Å². The van der Waals surface area contributed by atoms with E-state index >= 15 is 0 Å². The van der Waals surface area contributed by atoms with Crippen LogP contribution >= 0.6 is 11.3 Å². The Hall–Kier alpha value is -3.51. The minimum Gasteiger partial charge on any atom is -0.497 e. The van der Waals surface area contributed by atoms with Crippen LogP contribution in [-0.4, -0.2) is 67.2 Å². The lowest BCUT2D eigenvalue weighted by Gasteiger charge is -2.28. The summed E-state index contributed by atoms with van der Waals surface area (Å²) in [6.45, 7) is 1.56. The van der Waals surface area contributed by atoms with E-state index in [1.54, 1.807) is 31.2 Å². The predicted molar refractivity (Wildman–Crippen MR) is 113 cm³/mol. The molecule has 1 unspecified atom stereocenters. The number of hydrogen-bond donors (Lipinski definition) is 2. The maximum absolute atomic E-state index is 13.1. The number of carbonyl (C=O) groups is 4. The number of nitrogens with one attached hydrogen (secondary N) is 2. The third-order valence-electron chi connectivity index (χ3n) is 4.91. The van der Waals surface area contributed by atoms with E-state index < -0.39 is 42.0 Å². The largest absolute Gasteiger partial charge is 0.497 e. The monoisotopic (exact) mass is 462 g/mol. The van der Waals surface area contributed by atoms with E-state index in [-0.39, 0.29) is 10.8 Å². The van der Waals surface area contributed by atoms with Crippen LogP contribution in [0, 0.1) is 0 Å². The maximum atomic E-state index is 13.1. The molecule has 4 amide bonds. The van der Waals surface area contributed by atoms with Gasteiger partial charge in [-0.3, -0.25) is 9.59 Å². The molecule has 11 nitrogen and oxygen atoms in total. The number of methoxy groups -OCH3 is 3. The van der Waals surface area contributed by atoms with Gasteiger partial charge < -0.3 is 24.8 Å². The molecule has 2 N–H and O–H groups in total. The molecular weight excluding hydrogens is 440 g/mol. The van der Waals surface area contributed by atoms with Crippen molar-refractivity contribution in [1.82, 2.24) is 15.2 Å². The zero-order valence-corrected chi connectivity index (χ0v) is 18.6. The second kappa shape index (κ2) is 9.75. The molecule has 2 aromatic rings. The zero-order chi connectivity index (χ0) is 23.4. The molecule has 0 aliphatic carbocycles. The van der Waals surface area contributed by atoms with Crippen molar-refractivity contribution in [2.75, 3.05) is 26.6 Å². The van der Waals surface area contributed by atoms with Crippen LogP contribution in [0.2, 0.25) is 0 Å². The summed E-state index contributed by atoms with van der Waals surface area (Å²) in [6.07, 6.45) is -0.820. The number of esters is 1. The molecule has 1 fully saturated rings. The molecule has 0 saturated carbocycles. The molecular formula is C20H22N4O7S. The summed E-state index contributed by atoms with van der Waals surface area (Å²) in [7, 11) is 4.10. The van der Waals surface area contributed by atoms with Crippen molar-refractivity contribution in [3.8, 4) is 5.75 Å². The van der Waals surface area contributed by atoms with E-state index in [2.05, 4.69) is 20.4 Å². The Bertz CT molecular complexity index is 1020. The molecule has 1 aliphatic rings. The second-order valence-corrected chi connectivity index (χ2v) is 7.63. The number of amides is 4. The first-order valence-electron chi connectivity index (χ1n) is 9.45. The minimum absolute atomic E-state index is 0.0266. The highest BCUT2D eigenvalue weighted by atomic mass is 32.1. The van der Waals surface area contributed by atoms with E-state index in [4.69, 9.17) is 9.47 Å². The summed E-state index contributed by atoms with van der Waals surface area (Å²) in [4.78, 5) is 55.3. The molecule has 0 radical (unpaired) electrons. The van der Waals surface area contributed by atoms with Crippen molar-refractivity contribution < 1.29 is 33.4 Å². The van der Waals surface area contributed by atoms with Gasteiger partial charge in [0.15, 0.2) is 10.8 Å². The number of rotatable bonds is 8. The summed E-state index contributed by atoms with van der Waals surface area (Å²) < 4.78 is 15.0. The fourth-order valence-corrected chi connectivity index (χ4v) is 3.84. The van der Waals surface area contributed by atoms with Gasteiger partial charge in [-0.25, -0.2) is 19.5 Å². The highest BCUT2D eigenvalue weighted by molar-refractivity contribution is 7.14. The van der Waals surface area contributed by atoms with Gasteiger partial charge in [-0.2, -0.15) is 0 Å². The number of aromatic nitrogens is 1. The fourth-order valence-electron chi connectivity index (χ4n) is 3.16. The van der Waals surface area contributed by atoms with Crippen LogP contribution in [0.15, 0.2) is 29.6 Å². The Kier molecular flexibility index (Phi) is 7.05. The average Bonchev–Trinajstić information content (AvgIpc) is 3.38. The van der Waals surface area contributed by atoms with Crippen LogP contribution in [0.1, 0.15) is 29.0 Å². The number of hydrogen-bond acceptors (Lipinski definition) is 9. The van der Waals surface area contributed by atoms with E-state index in [1.807, 2.05) is 0 Å². The number of benzene rings is 1. The molecule has 1 aliphatic heterocycles.